The molecule has 0 aliphatic heterocycles. The van der Waals surface area contributed by atoms with E-state index in [9.17, 15) is 14.4 Å². The van der Waals surface area contributed by atoms with Crippen LogP contribution in [0.4, 0.5) is 0 Å². The van der Waals surface area contributed by atoms with Gasteiger partial charge in [-0.1, -0.05) is 199 Å². The molecule has 69 heavy (non-hydrogen) atoms. The van der Waals surface area contributed by atoms with E-state index in [-0.39, 0.29) is 37.5 Å². The number of hydrogen-bond donors (Lipinski definition) is 0. The van der Waals surface area contributed by atoms with E-state index in [1.54, 1.807) is 0 Å². The monoisotopic (exact) mass is 953 g/mol. The molecule has 0 aromatic heterocycles. The van der Waals surface area contributed by atoms with Gasteiger partial charge >= 0.3 is 17.9 Å². The van der Waals surface area contributed by atoms with Crippen LogP contribution in [-0.4, -0.2) is 37.2 Å². The normalized spacial score (nSPS) is 13.1. The Hall–Kier alpha value is -4.45. The SMILES string of the molecule is CC/C=C\C/C=C\C/C=C\C/C=C\C/C=C\CCCCCC(=O)OC[C@H](COC(=O)CCCC/C=C\C/C=C\C/C=C\CCCCC)OC(=O)CCCCCC/C=C\C/C=C\C/C=C\CCCCC. The molecule has 0 amide bonds. The van der Waals surface area contributed by atoms with E-state index >= 15 is 0 Å². The van der Waals surface area contributed by atoms with E-state index in [0.29, 0.717) is 19.3 Å². The molecule has 0 bridgehead atoms. The third-order valence-electron chi connectivity index (χ3n) is 11.1. The predicted molar refractivity (Wildman–Crippen MR) is 297 cm³/mol. The Labute approximate surface area is 424 Å². The number of carbonyl (C=O) groups excluding carboxylic acids is 3. The Morgan fingerprint density at radius 1 is 0.304 bits per heavy atom. The number of rotatable bonds is 48. The van der Waals surface area contributed by atoms with Crippen molar-refractivity contribution in [3.05, 3.63) is 134 Å². The van der Waals surface area contributed by atoms with Crippen LogP contribution in [-0.2, 0) is 28.6 Å². The van der Waals surface area contributed by atoms with Crippen molar-refractivity contribution in [2.45, 2.75) is 232 Å². The van der Waals surface area contributed by atoms with Crippen LogP contribution < -0.4 is 0 Å². The van der Waals surface area contributed by atoms with Crippen LogP contribution in [0.3, 0.4) is 0 Å². The molecular weight excluding hydrogens is 853 g/mol. The molecule has 6 nitrogen and oxygen atoms in total. The summed E-state index contributed by atoms with van der Waals surface area (Å²) in [5.41, 5.74) is 0. The first-order valence-electron chi connectivity index (χ1n) is 27.7. The highest BCUT2D eigenvalue weighted by molar-refractivity contribution is 5.71. The van der Waals surface area contributed by atoms with E-state index in [1.165, 1.54) is 51.4 Å². The standard InChI is InChI=1S/C63H100O6/c1-4-7-10-13-16-19-22-25-28-30-31-33-35-38-41-44-47-50-53-56-62(65)68-59-60(58-67-61(64)55-52-49-46-43-40-37-34-27-24-21-18-15-12-9-6-3)69-63(66)57-54-51-48-45-42-39-36-32-29-26-23-20-17-14-11-8-5-2/h7,10,16-21,25-29,31,33-34,36,38-41,43,60H,4-6,8-9,11-15,22-24,30,32,35,37,42,44-59H2,1-3H3/b10-7-,19-16-,20-17-,21-18-,28-25-,29-26-,33-31-,34-27-,39-36-,41-38-,43-40-/t60-/m0/s1. The first kappa shape index (κ1) is 64.5. The van der Waals surface area contributed by atoms with Crippen LogP contribution in [0.2, 0.25) is 0 Å². The summed E-state index contributed by atoms with van der Waals surface area (Å²) in [6, 6.07) is 0. The summed E-state index contributed by atoms with van der Waals surface area (Å²) in [4.78, 5) is 38.1. The number of ether oxygens (including phenoxy) is 3. The van der Waals surface area contributed by atoms with Gasteiger partial charge in [0.2, 0.25) is 0 Å². The molecule has 0 aromatic carbocycles. The molecule has 6 heteroatoms. The Bertz CT molecular complexity index is 1510. The second kappa shape index (κ2) is 56.1. The molecule has 388 valence electrons. The minimum Gasteiger partial charge on any atom is -0.462 e. The fraction of sp³-hybridized carbons (Fsp3) is 0.603. The van der Waals surface area contributed by atoms with Crippen LogP contribution in [0, 0.1) is 0 Å². The molecule has 0 heterocycles. The number of allylic oxidation sites excluding steroid dienone is 22. The number of carbonyl (C=O) groups is 3. The second-order valence-electron chi connectivity index (χ2n) is 17.7. The Morgan fingerprint density at radius 3 is 0.913 bits per heavy atom. The summed E-state index contributed by atoms with van der Waals surface area (Å²) >= 11 is 0. The summed E-state index contributed by atoms with van der Waals surface area (Å²) in [7, 11) is 0. The molecule has 0 saturated heterocycles. The molecular formula is C63H100O6. The molecule has 0 saturated carbocycles. The van der Waals surface area contributed by atoms with Crippen molar-refractivity contribution < 1.29 is 28.6 Å². The number of hydrogen-bond acceptors (Lipinski definition) is 6. The lowest BCUT2D eigenvalue weighted by atomic mass is 10.1. The van der Waals surface area contributed by atoms with Gasteiger partial charge in [0, 0.05) is 19.3 Å². The van der Waals surface area contributed by atoms with Gasteiger partial charge in [-0.3, -0.25) is 14.4 Å². The highest BCUT2D eigenvalue weighted by atomic mass is 16.6. The fourth-order valence-electron chi connectivity index (χ4n) is 6.95. The van der Waals surface area contributed by atoms with Gasteiger partial charge < -0.3 is 14.2 Å². The van der Waals surface area contributed by atoms with Gasteiger partial charge in [0.05, 0.1) is 0 Å². The molecule has 0 spiro atoms. The Balaban J connectivity index is 4.58. The van der Waals surface area contributed by atoms with Gasteiger partial charge in [-0.25, -0.2) is 0 Å². The molecule has 0 aromatic rings. The molecule has 0 aliphatic rings. The number of esters is 3. The van der Waals surface area contributed by atoms with Gasteiger partial charge in [-0.15, -0.1) is 0 Å². The first-order valence-corrected chi connectivity index (χ1v) is 27.7. The average molecular weight is 953 g/mol. The zero-order chi connectivity index (χ0) is 50.0. The molecule has 1 atom stereocenters. The van der Waals surface area contributed by atoms with Crippen molar-refractivity contribution in [2.75, 3.05) is 13.2 Å². The van der Waals surface area contributed by atoms with Crippen LogP contribution in [0.5, 0.6) is 0 Å². The first-order chi connectivity index (χ1) is 34.0. The van der Waals surface area contributed by atoms with Crippen molar-refractivity contribution in [2.24, 2.45) is 0 Å². The quantitative estimate of drug-likeness (QED) is 0.0262. The van der Waals surface area contributed by atoms with E-state index in [1.807, 2.05) is 0 Å². The van der Waals surface area contributed by atoms with Crippen molar-refractivity contribution >= 4 is 17.9 Å². The van der Waals surface area contributed by atoms with Crippen molar-refractivity contribution in [1.29, 1.82) is 0 Å². The van der Waals surface area contributed by atoms with Crippen molar-refractivity contribution in [3.63, 3.8) is 0 Å². The van der Waals surface area contributed by atoms with Gasteiger partial charge in [0.1, 0.15) is 13.2 Å². The lowest BCUT2D eigenvalue weighted by Gasteiger charge is -2.18. The van der Waals surface area contributed by atoms with Gasteiger partial charge in [-0.05, 0) is 141 Å². The summed E-state index contributed by atoms with van der Waals surface area (Å²) in [5.74, 6) is -1.02. The lowest BCUT2D eigenvalue weighted by molar-refractivity contribution is -0.167. The van der Waals surface area contributed by atoms with E-state index < -0.39 is 6.10 Å². The molecule has 0 N–H and O–H groups in total. The zero-order valence-electron chi connectivity index (χ0n) is 44.3. The summed E-state index contributed by atoms with van der Waals surface area (Å²) in [5, 5.41) is 0. The zero-order valence-corrected chi connectivity index (χ0v) is 44.3. The number of unbranched alkanes of at least 4 members (excludes halogenated alkanes) is 15. The van der Waals surface area contributed by atoms with Gasteiger partial charge in [0.25, 0.3) is 0 Å². The molecule has 0 radical (unpaired) electrons. The van der Waals surface area contributed by atoms with E-state index in [4.69, 9.17) is 14.2 Å². The highest BCUT2D eigenvalue weighted by Gasteiger charge is 2.19. The highest BCUT2D eigenvalue weighted by Crippen LogP contribution is 2.12. The largest absolute Gasteiger partial charge is 0.462 e. The average Bonchev–Trinajstić information content (AvgIpc) is 3.35. The maximum atomic E-state index is 12.8. The van der Waals surface area contributed by atoms with Crippen LogP contribution in [0.25, 0.3) is 0 Å². The third kappa shape index (κ3) is 54.4. The van der Waals surface area contributed by atoms with E-state index in [2.05, 4.69) is 154 Å². The van der Waals surface area contributed by atoms with E-state index in [0.717, 1.165) is 128 Å². The Morgan fingerprint density at radius 2 is 0.565 bits per heavy atom. The summed E-state index contributed by atoms with van der Waals surface area (Å²) < 4.78 is 16.8. The minimum atomic E-state index is -0.825. The molecule has 0 aliphatic carbocycles. The van der Waals surface area contributed by atoms with Crippen molar-refractivity contribution in [3.8, 4) is 0 Å². The maximum absolute atomic E-state index is 12.8. The molecule has 0 fully saturated rings. The molecule has 0 unspecified atom stereocenters. The van der Waals surface area contributed by atoms with Crippen LogP contribution >= 0.6 is 0 Å². The Kier molecular flexibility index (Phi) is 52.5. The smallest absolute Gasteiger partial charge is 0.306 e. The fourth-order valence-corrected chi connectivity index (χ4v) is 6.95. The van der Waals surface area contributed by atoms with Crippen LogP contribution in [0.1, 0.15) is 226 Å². The van der Waals surface area contributed by atoms with Crippen LogP contribution in [0.15, 0.2) is 134 Å². The topological polar surface area (TPSA) is 78.9 Å². The van der Waals surface area contributed by atoms with Crippen molar-refractivity contribution in [1.82, 2.24) is 0 Å². The third-order valence-corrected chi connectivity index (χ3v) is 11.1. The summed E-state index contributed by atoms with van der Waals surface area (Å²) in [6.45, 7) is 6.37. The lowest BCUT2D eigenvalue weighted by Crippen LogP contribution is -2.30. The maximum Gasteiger partial charge on any atom is 0.306 e. The second-order valence-corrected chi connectivity index (χ2v) is 17.7. The van der Waals surface area contributed by atoms with Gasteiger partial charge in [0.15, 0.2) is 6.10 Å². The predicted octanol–water partition coefficient (Wildman–Crippen LogP) is 18.6. The van der Waals surface area contributed by atoms with Gasteiger partial charge in [-0.2, -0.15) is 0 Å². The molecule has 0 rings (SSSR count). The minimum absolute atomic E-state index is 0.121. The summed E-state index contributed by atoms with van der Waals surface area (Å²) in [6.07, 6.45) is 78.6.